The zero-order valence-corrected chi connectivity index (χ0v) is 10.5. The summed E-state index contributed by atoms with van der Waals surface area (Å²) in [4.78, 5) is 14.2. The molecule has 1 atom stereocenters. The summed E-state index contributed by atoms with van der Waals surface area (Å²) >= 11 is 3.40. The lowest BCUT2D eigenvalue weighted by molar-refractivity contribution is -0.146. The Morgan fingerprint density at radius 3 is 2.67 bits per heavy atom. The van der Waals surface area contributed by atoms with E-state index in [0.29, 0.717) is 6.04 Å². The normalized spacial score (nSPS) is 26.3. The fraction of sp³-hybridized carbons (Fsp3) is 0.909. The molecule has 0 N–H and O–H groups in total. The maximum Gasteiger partial charge on any atom is 0.251 e. The van der Waals surface area contributed by atoms with E-state index in [-0.39, 0.29) is 12.0 Å². The average Bonchev–Trinajstić information content (AvgIpc) is 3.10. The first kappa shape index (κ1) is 11.4. The minimum atomic E-state index is -0.154. The maximum absolute atomic E-state index is 12.1. The molecule has 0 bridgehead atoms. The van der Waals surface area contributed by atoms with Crippen LogP contribution < -0.4 is 0 Å². The van der Waals surface area contributed by atoms with Crippen LogP contribution in [0.3, 0.4) is 0 Å². The number of hydrogen-bond donors (Lipinski definition) is 0. The van der Waals surface area contributed by atoms with Gasteiger partial charge in [0.15, 0.2) is 0 Å². The number of halogens is 1. The lowest BCUT2D eigenvalue weighted by Crippen LogP contribution is -2.44. The predicted octanol–water partition coefficient (Wildman–Crippen LogP) is 1.94. The molecule has 2 fully saturated rings. The summed E-state index contributed by atoms with van der Waals surface area (Å²) in [5, 5.41) is 0.863. The van der Waals surface area contributed by atoms with E-state index < -0.39 is 0 Å². The SMILES string of the molecule is O=C(C1CCCCO1)N(CCBr)C1CC1. The van der Waals surface area contributed by atoms with Gasteiger partial charge in [0, 0.05) is 24.5 Å². The molecule has 1 aliphatic carbocycles. The van der Waals surface area contributed by atoms with Crippen molar-refractivity contribution >= 4 is 21.8 Å². The standard InChI is InChI=1S/C11H18BrNO2/c12-6-7-13(9-4-5-9)11(14)10-3-1-2-8-15-10/h9-10H,1-8H2. The molecule has 0 spiro atoms. The second kappa shape index (κ2) is 5.30. The molecular weight excluding hydrogens is 258 g/mol. The van der Waals surface area contributed by atoms with Crippen molar-refractivity contribution in [2.75, 3.05) is 18.5 Å². The molecule has 0 aromatic heterocycles. The first-order valence-corrected chi connectivity index (χ1v) is 6.93. The third-order valence-corrected chi connectivity index (χ3v) is 3.41. The molecule has 0 aromatic carbocycles. The van der Waals surface area contributed by atoms with Crippen LogP contribution in [0.1, 0.15) is 32.1 Å². The van der Waals surface area contributed by atoms with E-state index in [1.165, 1.54) is 12.8 Å². The number of amides is 1. The summed E-state index contributed by atoms with van der Waals surface area (Å²) in [6.07, 6.45) is 5.33. The smallest absolute Gasteiger partial charge is 0.251 e. The minimum absolute atomic E-state index is 0.154. The first-order chi connectivity index (χ1) is 7.33. The Morgan fingerprint density at radius 2 is 2.13 bits per heavy atom. The van der Waals surface area contributed by atoms with Crippen LogP contribution in [0, 0.1) is 0 Å². The largest absolute Gasteiger partial charge is 0.368 e. The molecule has 1 saturated heterocycles. The van der Waals surface area contributed by atoms with E-state index >= 15 is 0 Å². The fourth-order valence-electron chi connectivity index (χ4n) is 2.07. The summed E-state index contributed by atoms with van der Waals surface area (Å²) in [6, 6.07) is 0.501. The van der Waals surface area contributed by atoms with Gasteiger partial charge in [0.1, 0.15) is 6.10 Å². The summed E-state index contributed by atoms with van der Waals surface area (Å²) < 4.78 is 5.54. The highest BCUT2D eigenvalue weighted by atomic mass is 79.9. The van der Waals surface area contributed by atoms with Crippen molar-refractivity contribution in [1.82, 2.24) is 4.90 Å². The van der Waals surface area contributed by atoms with Crippen LogP contribution in [-0.4, -0.2) is 41.4 Å². The molecule has 1 aliphatic heterocycles. The number of hydrogen-bond acceptors (Lipinski definition) is 2. The van der Waals surface area contributed by atoms with Gasteiger partial charge in [-0.1, -0.05) is 15.9 Å². The Kier molecular flexibility index (Phi) is 4.03. The molecule has 1 amide bonds. The van der Waals surface area contributed by atoms with Crippen LogP contribution in [0.15, 0.2) is 0 Å². The van der Waals surface area contributed by atoms with Crippen molar-refractivity contribution < 1.29 is 9.53 Å². The van der Waals surface area contributed by atoms with Crippen LogP contribution in [0.4, 0.5) is 0 Å². The zero-order chi connectivity index (χ0) is 10.7. The van der Waals surface area contributed by atoms with Crippen molar-refractivity contribution in [2.24, 2.45) is 0 Å². The molecule has 15 heavy (non-hydrogen) atoms. The molecule has 0 radical (unpaired) electrons. The Morgan fingerprint density at radius 1 is 1.33 bits per heavy atom. The highest BCUT2D eigenvalue weighted by Crippen LogP contribution is 2.28. The third-order valence-electron chi connectivity index (χ3n) is 3.05. The summed E-state index contributed by atoms with van der Waals surface area (Å²) in [5.74, 6) is 0.219. The van der Waals surface area contributed by atoms with Gasteiger partial charge in [-0.2, -0.15) is 0 Å². The summed E-state index contributed by atoms with van der Waals surface area (Å²) in [6.45, 7) is 1.58. The summed E-state index contributed by atoms with van der Waals surface area (Å²) in [7, 11) is 0. The fourth-order valence-corrected chi connectivity index (χ4v) is 2.45. The molecular formula is C11H18BrNO2. The Labute approximate surface area is 99.3 Å². The molecule has 2 aliphatic rings. The van der Waals surface area contributed by atoms with E-state index in [1.54, 1.807) is 0 Å². The van der Waals surface area contributed by atoms with E-state index in [9.17, 15) is 4.79 Å². The second-order valence-corrected chi connectivity index (χ2v) is 5.10. The lowest BCUT2D eigenvalue weighted by atomic mass is 10.1. The van der Waals surface area contributed by atoms with Gasteiger partial charge in [0.25, 0.3) is 5.91 Å². The maximum atomic E-state index is 12.1. The number of rotatable bonds is 4. The molecule has 86 valence electrons. The Balaban J connectivity index is 1.90. The van der Waals surface area contributed by atoms with Gasteiger partial charge in [0.05, 0.1) is 0 Å². The average molecular weight is 276 g/mol. The monoisotopic (exact) mass is 275 g/mol. The van der Waals surface area contributed by atoms with Crippen molar-refractivity contribution in [3.63, 3.8) is 0 Å². The van der Waals surface area contributed by atoms with Crippen molar-refractivity contribution in [2.45, 2.75) is 44.2 Å². The Bertz CT molecular complexity index is 225. The minimum Gasteiger partial charge on any atom is -0.368 e. The number of nitrogens with zero attached hydrogens (tertiary/aromatic N) is 1. The number of alkyl halides is 1. The molecule has 2 rings (SSSR count). The first-order valence-electron chi connectivity index (χ1n) is 5.81. The summed E-state index contributed by atoms with van der Waals surface area (Å²) in [5.41, 5.74) is 0. The highest BCUT2D eigenvalue weighted by molar-refractivity contribution is 9.09. The zero-order valence-electron chi connectivity index (χ0n) is 8.95. The molecule has 0 aromatic rings. The Hall–Kier alpha value is -0.0900. The third kappa shape index (κ3) is 2.94. The second-order valence-electron chi connectivity index (χ2n) is 4.31. The van der Waals surface area contributed by atoms with Crippen LogP contribution in [0.2, 0.25) is 0 Å². The van der Waals surface area contributed by atoms with Gasteiger partial charge >= 0.3 is 0 Å². The van der Waals surface area contributed by atoms with Gasteiger partial charge in [-0.3, -0.25) is 4.79 Å². The van der Waals surface area contributed by atoms with E-state index in [0.717, 1.165) is 37.7 Å². The van der Waals surface area contributed by atoms with Crippen molar-refractivity contribution in [3.05, 3.63) is 0 Å². The van der Waals surface area contributed by atoms with Gasteiger partial charge in [-0.05, 0) is 32.1 Å². The molecule has 1 saturated carbocycles. The van der Waals surface area contributed by atoms with Crippen LogP contribution in [0.25, 0.3) is 0 Å². The van der Waals surface area contributed by atoms with E-state index in [4.69, 9.17) is 4.74 Å². The van der Waals surface area contributed by atoms with E-state index in [1.807, 2.05) is 4.90 Å². The van der Waals surface area contributed by atoms with Gasteiger partial charge in [-0.15, -0.1) is 0 Å². The number of carbonyl (C=O) groups is 1. The topological polar surface area (TPSA) is 29.5 Å². The van der Waals surface area contributed by atoms with Gasteiger partial charge in [0.2, 0.25) is 0 Å². The quantitative estimate of drug-likeness (QED) is 0.734. The molecule has 4 heteroatoms. The van der Waals surface area contributed by atoms with Gasteiger partial charge < -0.3 is 9.64 Å². The predicted molar refractivity (Wildman–Crippen MR) is 62.1 cm³/mol. The molecule has 1 heterocycles. The van der Waals surface area contributed by atoms with Crippen molar-refractivity contribution in [1.29, 1.82) is 0 Å². The van der Waals surface area contributed by atoms with Gasteiger partial charge in [-0.25, -0.2) is 0 Å². The van der Waals surface area contributed by atoms with E-state index in [2.05, 4.69) is 15.9 Å². The molecule has 1 unspecified atom stereocenters. The number of carbonyl (C=O) groups excluding carboxylic acids is 1. The van der Waals surface area contributed by atoms with Crippen LogP contribution in [-0.2, 0) is 9.53 Å². The number of ether oxygens (including phenoxy) is 1. The van der Waals surface area contributed by atoms with Crippen LogP contribution in [0.5, 0.6) is 0 Å². The molecule has 3 nitrogen and oxygen atoms in total. The van der Waals surface area contributed by atoms with Crippen molar-refractivity contribution in [3.8, 4) is 0 Å². The van der Waals surface area contributed by atoms with Crippen LogP contribution >= 0.6 is 15.9 Å². The lowest BCUT2D eigenvalue weighted by Gasteiger charge is -2.29. The highest BCUT2D eigenvalue weighted by Gasteiger charge is 2.36.